The molecule has 0 aliphatic carbocycles. The fourth-order valence-electron chi connectivity index (χ4n) is 9.22. The van der Waals surface area contributed by atoms with Crippen LogP contribution in [0, 0.1) is 0 Å². The molecular formula is C55H47N4OP. The number of benzene rings is 7. The Morgan fingerprint density at radius 3 is 1.82 bits per heavy atom. The lowest BCUT2D eigenvalue weighted by atomic mass is 9.79. The average molecular weight is 811 g/mol. The van der Waals surface area contributed by atoms with Crippen LogP contribution < -0.4 is 15.9 Å². The molecule has 0 spiro atoms. The number of hydrogen-bond donors (Lipinski definition) is 0. The number of rotatable bonds is 10. The van der Waals surface area contributed by atoms with Crippen molar-refractivity contribution in [1.29, 1.82) is 0 Å². The van der Waals surface area contributed by atoms with Crippen LogP contribution in [0.25, 0.3) is 61.8 Å². The number of aromatic nitrogens is 4. The molecule has 0 N–H and O–H groups in total. The lowest BCUT2D eigenvalue weighted by Crippen LogP contribution is -2.26. The zero-order valence-corrected chi connectivity index (χ0v) is 35.6. The van der Waals surface area contributed by atoms with Crippen LogP contribution in [0.15, 0.2) is 188 Å². The van der Waals surface area contributed by atoms with Crippen LogP contribution >= 0.6 is 7.14 Å². The molecule has 1 aliphatic heterocycles. The lowest BCUT2D eigenvalue weighted by Gasteiger charge is -2.27. The van der Waals surface area contributed by atoms with Gasteiger partial charge in [-0.25, -0.2) is 15.0 Å². The predicted molar refractivity (Wildman–Crippen MR) is 253 cm³/mol. The smallest absolute Gasteiger partial charge is 0.172 e. The van der Waals surface area contributed by atoms with Crippen LogP contribution in [0.3, 0.4) is 0 Å². The number of hydrogen-bond acceptors (Lipinski definition) is 4. The topological polar surface area (TPSA) is 60.7 Å². The third-order valence-corrected chi connectivity index (χ3v) is 15.7. The molecule has 9 aromatic rings. The number of nitrogens with zero attached hydrogens (tertiary/aromatic N) is 4. The van der Waals surface area contributed by atoms with E-state index in [9.17, 15) is 0 Å². The van der Waals surface area contributed by atoms with Gasteiger partial charge in [-0.2, -0.15) is 0 Å². The highest BCUT2D eigenvalue weighted by atomic mass is 31.2. The molecule has 298 valence electrons. The Labute approximate surface area is 358 Å². The highest BCUT2D eigenvalue weighted by molar-refractivity contribution is 7.85. The van der Waals surface area contributed by atoms with Crippen molar-refractivity contribution in [1.82, 2.24) is 19.5 Å². The lowest BCUT2D eigenvalue weighted by molar-refractivity contribution is 0.436. The molecule has 1 aliphatic rings. The van der Waals surface area contributed by atoms with E-state index in [-0.39, 0.29) is 11.3 Å². The highest BCUT2D eigenvalue weighted by Crippen LogP contribution is 2.54. The second-order valence-corrected chi connectivity index (χ2v) is 19.6. The molecule has 6 heteroatoms. The molecule has 0 fully saturated rings. The van der Waals surface area contributed by atoms with E-state index in [4.69, 9.17) is 15.0 Å². The van der Waals surface area contributed by atoms with Crippen LogP contribution in [0.4, 0.5) is 0 Å². The maximum Gasteiger partial charge on any atom is 0.172 e. The first-order valence-electron chi connectivity index (χ1n) is 21.3. The van der Waals surface area contributed by atoms with E-state index in [0.29, 0.717) is 11.6 Å². The highest BCUT2D eigenvalue weighted by Gasteiger charge is 2.40. The van der Waals surface area contributed by atoms with E-state index in [0.717, 1.165) is 91.1 Å². The molecule has 5 nitrogen and oxygen atoms in total. The average Bonchev–Trinajstić information content (AvgIpc) is 3.62. The van der Waals surface area contributed by atoms with E-state index in [1.807, 2.05) is 78.9 Å². The van der Waals surface area contributed by atoms with Crippen LogP contribution in [-0.2, 0) is 9.98 Å². The quantitative estimate of drug-likeness (QED) is 0.129. The normalized spacial score (nSPS) is 15.1. The third-order valence-electron chi connectivity index (χ3n) is 12.5. The Bertz CT molecular complexity index is 3030. The van der Waals surface area contributed by atoms with E-state index in [1.165, 1.54) is 5.56 Å². The summed E-state index contributed by atoms with van der Waals surface area (Å²) in [6, 6.07) is 64.9. The summed E-state index contributed by atoms with van der Waals surface area (Å²) in [5.41, 5.74) is 9.56. The molecule has 0 amide bonds. The summed E-state index contributed by atoms with van der Waals surface area (Å²) < 4.78 is 18.4. The maximum atomic E-state index is 16.0. The van der Waals surface area contributed by atoms with Crippen molar-refractivity contribution in [3.05, 3.63) is 199 Å². The summed E-state index contributed by atoms with van der Waals surface area (Å²) in [5, 5.41) is 3.73. The van der Waals surface area contributed by atoms with Gasteiger partial charge < -0.3 is 9.13 Å². The molecule has 0 radical (unpaired) electrons. The van der Waals surface area contributed by atoms with Gasteiger partial charge in [-0.3, -0.25) is 0 Å². The molecule has 2 unspecified atom stereocenters. The first-order chi connectivity index (χ1) is 29.8. The largest absolute Gasteiger partial charge is 0.309 e. The Morgan fingerprint density at radius 2 is 1.15 bits per heavy atom. The van der Waals surface area contributed by atoms with Crippen molar-refractivity contribution in [2.24, 2.45) is 0 Å². The molecule has 2 atom stereocenters. The first kappa shape index (κ1) is 38.5. The minimum Gasteiger partial charge on any atom is -0.309 e. The molecule has 2 aromatic heterocycles. The summed E-state index contributed by atoms with van der Waals surface area (Å²) in [5.74, 6) is 2.38. The van der Waals surface area contributed by atoms with Gasteiger partial charge >= 0.3 is 0 Å². The summed E-state index contributed by atoms with van der Waals surface area (Å²) >= 11 is 0. The SMILES string of the molecule is CC(CCCC(C)(C)c1cccc(-n2c3c(c4ccccc42)-c2ccccc2P(=O)(c2ccccc2)c2ccccc2-3)c1)c1nc(-c2ccccc2)nc(-c2ccccc2)n1. The van der Waals surface area contributed by atoms with Crippen LogP contribution in [0.1, 0.15) is 57.3 Å². The van der Waals surface area contributed by atoms with Crippen LogP contribution in [0.2, 0.25) is 0 Å². The van der Waals surface area contributed by atoms with Gasteiger partial charge in [0.05, 0.1) is 11.2 Å². The molecule has 7 aromatic carbocycles. The minimum absolute atomic E-state index is 0.118. The standard InChI is InChI=1S/C55H47N4OP/c1-38(52-56-53(39-22-7-4-8-23-39)58-54(57-52)40-24-9-5-10-25-40)21-20-36-55(2,3)41-26-19-27-42(37-41)59-47-33-16-13-30-44(47)50-45-31-14-17-34-48(45)61(60,43-28-11-6-12-29-43)49-35-18-15-32-46(49)51(50)59/h4-19,22-35,37-38H,20-21,36H2,1-3H3. The second-order valence-electron chi connectivity index (χ2n) is 16.9. The van der Waals surface area contributed by atoms with Gasteiger partial charge in [-0.1, -0.05) is 197 Å². The second kappa shape index (κ2) is 15.7. The zero-order chi connectivity index (χ0) is 41.6. The monoisotopic (exact) mass is 810 g/mol. The molecule has 3 heterocycles. The van der Waals surface area contributed by atoms with Gasteiger partial charge in [0.1, 0.15) is 5.82 Å². The van der Waals surface area contributed by atoms with Crippen molar-refractivity contribution in [3.8, 4) is 50.8 Å². The molecule has 0 bridgehead atoms. The Hall–Kier alpha value is -6.68. The van der Waals surface area contributed by atoms with Crippen LogP contribution in [-0.4, -0.2) is 19.5 Å². The minimum atomic E-state index is -3.27. The van der Waals surface area contributed by atoms with Gasteiger partial charge in [-0.05, 0) is 47.6 Å². The Balaban J connectivity index is 1.01. The van der Waals surface area contributed by atoms with E-state index < -0.39 is 7.14 Å². The molecule has 61 heavy (non-hydrogen) atoms. The van der Waals surface area contributed by atoms with Crippen molar-refractivity contribution < 1.29 is 4.57 Å². The van der Waals surface area contributed by atoms with Gasteiger partial charge in [0.15, 0.2) is 18.8 Å². The molecule has 10 rings (SSSR count). The van der Waals surface area contributed by atoms with Gasteiger partial charge in [0, 0.05) is 55.2 Å². The van der Waals surface area contributed by atoms with E-state index in [1.54, 1.807) is 0 Å². The summed E-state index contributed by atoms with van der Waals surface area (Å²) in [6.07, 6.45) is 2.94. The van der Waals surface area contributed by atoms with Crippen molar-refractivity contribution in [3.63, 3.8) is 0 Å². The van der Waals surface area contributed by atoms with Gasteiger partial charge in [0.2, 0.25) is 0 Å². The van der Waals surface area contributed by atoms with E-state index >= 15 is 4.57 Å². The Kier molecular flexibility index (Phi) is 9.93. The first-order valence-corrected chi connectivity index (χ1v) is 23.0. The maximum absolute atomic E-state index is 16.0. The van der Waals surface area contributed by atoms with Gasteiger partial charge in [0.25, 0.3) is 0 Å². The number of fused-ring (bicyclic) bond motifs is 7. The molecular weight excluding hydrogens is 764 g/mol. The van der Waals surface area contributed by atoms with E-state index in [2.05, 4.69) is 135 Å². The van der Waals surface area contributed by atoms with Gasteiger partial charge in [-0.15, -0.1) is 0 Å². The summed E-state index contributed by atoms with van der Waals surface area (Å²) in [6.45, 7) is 6.95. The zero-order valence-electron chi connectivity index (χ0n) is 34.7. The fraction of sp³-hybridized carbons (Fsp3) is 0.145. The fourth-order valence-corrected chi connectivity index (χ4v) is 12.3. The third kappa shape index (κ3) is 6.84. The number of para-hydroxylation sites is 1. The van der Waals surface area contributed by atoms with Crippen molar-refractivity contribution >= 4 is 34.0 Å². The van der Waals surface area contributed by atoms with Crippen molar-refractivity contribution in [2.45, 2.75) is 51.4 Å². The molecule has 0 saturated carbocycles. The van der Waals surface area contributed by atoms with Crippen LogP contribution in [0.5, 0.6) is 0 Å². The molecule has 0 saturated heterocycles. The summed E-state index contributed by atoms with van der Waals surface area (Å²) in [7, 11) is -3.27. The summed E-state index contributed by atoms with van der Waals surface area (Å²) in [4.78, 5) is 14.9. The predicted octanol–water partition coefficient (Wildman–Crippen LogP) is 12.7. The van der Waals surface area contributed by atoms with Crippen molar-refractivity contribution in [2.75, 3.05) is 0 Å². The Morgan fingerprint density at radius 1 is 0.590 bits per heavy atom.